The summed E-state index contributed by atoms with van der Waals surface area (Å²) in [6.07, 6.45) is -4.54. The molecule has 0 saturated heterocycles. The first-order valence-electron chi connectivity index (χ1n) is 9.11. The Bertz CT molecular complexity index is 1330. The Morgan fingerprint density at radius 3 is 2.28 bits per heavy atom. The highest BCUT2D eigenvalue weighted by Crippen LogP contribution is 2.40. The number of alkyl halides is 3. The van der Waals surface area contributed by atoms with Gasteiger partial charge in [-0.2, -0.15) is 13.2 Å². The molecule has 1 heterocycles. The third-order valence-electron chi connectivity index (χ3n) is 4.63. The Morgan fingerprint density at radius 2 is 1.59 bits per heavy atom. The van der Waals surface area contributed by atoms with E-state index in [1.165, 1.54) is 42.5 Å². The lowest BCUT2D eigenvalue weighted by Crippen LogP contribution is -2.04. The zero-order valence-electron chi connectivity index (χ0n) is 16.0. The van der Waals surface area contributed by atoms with E-state index in [-0.39, 0.29) is 33.5 Å². The summed E-state index contributed by atoms with van der Waals surface area (Å²) in [5, 5.41) is 9.78. The minimum atomic E-state index is -4.54. The largest absolute Gasteiger partial charge is 0.478 e. The Labute approximate surface area is 189 Å². The Morgan fingerprint density at radius 1 is 0.875 bits per heavy atom. The van der Waals surface area contributed by atoms with Gasteiger partial charge >= 0.3 is 12.1 Å². The molecule has 0 unspecified atom stereocenters. The Kier molecular flexibility index (Phi) is 5.71. The van der Waals surface area contributed by atoms with Gasteiger partial charge in [-0.3, -0.25) is 0 Å². The Hall–Kier alpha value is -3.29. The van der Waals surface area contributed by atoms with Gasteiger partial charge in [0.15, 0.2) is 5.76 Å². The first-order chi connectivity index (χ1) is 15.1. The lowest BCUT2D eigenvalue weighted by Gasteiger charge is -2.08. The number of aromatic nitrogens is 1. The summed E-state index contributed by atoms with van der Waals surface area (Å²) in [5.74, 6) is -1.02. The highest BCUT2D eigenvalue weighted by Gasteiger charge is 2.31. The lowest BCUT2D eigenvalue weighted by molar-refractivity contribution is -0.137. The molecule has 4 rings (SSSR count). The summed E-state index contributed by atoms with van der Waals surface area (Å²) in [7, 11) is 0. The van der Waals surface area contributed by atoms with Gasteiger partial charge in [-0.05, 0) is 42.5 Å². The lowest BCUT2D eigenvalue weighted by atomic mass is 10.0. The molecule has 0 radical (unpaired) electrons. The maximum Gasteiger partial charge on any atom is 0.416 e. The molecule has 32 heavy (non-hydrogen) atoms. The van der Waals surface area contributed by atoms with Crippen molar-refractivity contribution in [3.05, 3.63) is 87.9 Å². The first-order valence-corrected chi connectivity index (χ1v) is 9.86. The quantitative estimate of drug-likeness (QED) is 0.327. The molecule has 1 N–H and O–H groups in total. The van der Waals surface area contributed by atoms with Gasteiger partial charge in [0.1, 0.15) is 5.69 Å². The van der Waals surface area contributed by atoms with Gasteiger partial charge in [-0.1, -0.05) is 47.5 Å². The van der Waals surface area contributed by atoms with Crippen LogP contribution in [0.5, 0.6) is 0 Å². The standard InChI is InChI=1S/C23H12Cl2F3NO3/c24-17-8-7-12(11-18(17)25)19-20(13-3-2-6-16(10-13)23(26,27)28)32-21(29-19)14-4-1-5-15(9-14)22(30)31/h1-11H,(H,30,31). The van der Waals surface area contributed by atoms with Crippen LogP contribution in [0.4, 0.5) is 13.2 Å². The molecule has 0 amide bonds. The smallest absolute Gasteiger partial charge is 0.416 e. The first kappa shape index (κ1) is 21.9. The van der Waals surface area contributed by atoms with E-state index in [1.54, 1.807) is 12.1 Å². The number of benzene rings is 3. The highest BCUT2D eigenvalue weighted by atomic mass is 35.5. The molecular formula is C23H12Cl2F3NO3. The van der Waals surface area contributed by atoms with Crippen molar-refractivity contribution in [2.75, 3.05) is 0 Å². The normalized spacial score (nSPS) is 11.5. The van der Waals surface area contributed by atoms with Crippen LogP contribution in [0.1, 0.15) is 15.9 Å². The van der Waals surface area contributed by atoms with Crippen molar-refractivity contribution in [2.24, 2.45) is 0 Å². The monoisotopic (exact) mass is 477 g/mol. The van der Waals surface area contributed by atoms with E-state index in [9.17, 15) is 23.1 Å². The highest BCUT2D eigenvalue weighted by molar-refractivity contribution is 6.42. The fourth-order valence-electron chi connectivity index (χ4n) is 3.10. The van der Waals surface area contributed by atoms with Crippen LogP contribution in [0.25, 0.3) is 34.0 Å². The number of carboxylic acids is 1. The zero-order chi connectivity index (χ0) is 23.0. The number of carboxylic acid groups (broad SMARTS) is 1. The third kappa shape index (κ3) is 4.35. The molecule has 0 saturated carbocycles. The van der Waals surface area contributed by atoms with Gasteiger partial charge in [0.2, 0.25) is 5.89 Å². The molecule has 4 nitrogen and oxygen atoms in total. The molecular weight excluding hydrogens is 466 g/mol. The summed E-state index contributed by atoms with van der Waals surface area (Å²) in [6, 6.07) is 15.2. The topological polar surface area (TPSA) is 63.3 Å². The van der Waals surface area contributed by atoms with Gasteiger partial charge in [0.05, 0.1) is 21.2 Å². The molecule has 0 aliphatic heterocycles. The van der Waals surface area contributed by atoms with Crippen LogP contribution in [0.3, 0.4) is 0 Å². The summed E-state index contributed by atoms with van der Waals surface area (Å²) in [5.41, 5.74) is 0.367. The van der Waals surface area contributed by atoms with Crippen LogP contribution in [-0.2, 0) is 6.18 Å². The summed E-state index contributed by atoms with van der Waals surface area (Å²) < 4.78 is 45.6. The van der Waals surface area contributed by atoms with Crippen LogP contribution in [0.15, 0.2) is 71.1 Å². The van der Waals surface area contributed by atoms with Crippen molar-refractivity contribution in [3.63, 3.8) is 0 Å². The predicted octanol–water partition coefficient (Wildman–Crippen LogP) is 7.70. The molecule has 3 aromatic carbocycles. The molecule has 1 aromatic heterocycles. The van der Waals surface area contributed by atoms with Crippen LogP contribution < -0.4 is 0 Å². The van der Waals surface area contributed by atoms with E-state index in [2.05, 4.69) is 4.98 Å². The fourth-order valence-corrected chi connectivity index (χ4v) is 3.40. The zero-order valence-corrected chi connectivity index (χ0v) is 17.5. The van der Waals surface area contributed by atoms with Crippen LogP contribution >= 0.6 is 23.2 Å². The van der Waals surface area contributed by atoms with E-state index < -0.39 is 17.7 Å². The number of aromatic carboxylic acids is 1. The minimum absolute atomic E-state index is 0.0115. The van der Waals surface area contributed by atoms with Gasteiger partial charge in [-0.15, -0.1) is 0 Å². The molecule has 0 fully saturated rings. The molecule has 0 spiro atoms. The number of oxazole rings is 1. The second-order valence-corrected chi connectivity index (χ2v) is 7.60. The van der Waals surface area contributed by atoms with Crippen molar-refractivity contribution < 1.29 is 27.5 Å². The molecule has 162 valence electrons. The third-order valence-corrected chi connectivity index (χ3v) is 5.37. The molecule has 0 aliphatic carbocycles. The Balaban J connectivity index is 1.93. The number of carbonyl (C=O) groups is 1. The predicted molar refractivity (Wildman–Crippen MR) is 115 cm³/mol. The fraction of sp³-hybridized carbons (Fsp3) is 0.0435. The van der Waals surface area contributed by atoms with Crippen molar-refractivity contribution in [3.8, 4) is 34.0 Å². The van der Waals surface area contributed by atoms with Crippen molar-refractivity contribution >= 4 is 29.2 Å². The molecule has 0 aliphatic rings. The second kappa shape index (κ2) is 8.33. The molecule has 4 aromatic rings. The van der Waals surface area contributed by atoms with Gasteiger partial charge in [0.25, 0.3) is 0 Å². The minimum Gasteiger partial charge on any atom is -0.478 e. The van der Waals surface area contributed by atoms with E-state index in [1.807, 2.05) is 0 Å². The summed E-state index contributed by atoms with van der Waals surface area (Å²) >= 11 is 12.1. The van der Waals surface area contributed by atoms with Crippen molar-refractivity contribution in [1.29, 1.82) is 0 Å². The average Bonchev–Trinajstić information content (AvgIpc) is 3.21. The summed E-state index contributed by atoms with van der Waals surface area (Å²) in [4.78, 5) is 15.8. The van der Waals surface area contributed by atoms with E-state index in [0.29, 0.717) is 16.1 Å². The SMILES string of the molecule is O=C(O)c1cccc(-c2nc(-c3ccc(Cl)c(Cl)c3)c(-c3cccc(C(F)(F)F)c3)o2)c1. The van der Waals surface area contributed by atoms with Gasteiger partial charge in [-0.25, -0.2) is 9.78 Å². The maximum absolute atomic E-state index is 13.3. The summed E-state index contributed by atoms with van der Waals surface area (Å²) in [6.45, 7) is 0. The van der Waals surface area contributed by atoms with E-state index >= 15 is 0 Å². The van der Waals surface area contributed by atoms with Crippen LogP contribution in [0, 0.1) is 0 Å². The number of hydrogen-bond donors (Lipinski definition) is 1. The van der Waals surface area contributed by atoms with Gasteiger partial charge < -0.3 is 9.52 Å². The number of halogens is 5. The van der Waals surface area contributed by atoms with Gasteiger partial charge in [0, 0.05) is 16.7 Å². The number of hydrogen-bond acceptors (Lipinski definition) is 3. The number of rotatable bonds is 4. The van der Waals surface area contributed by atoms with Crippen LogP contribution in [0.2, 0.25) is 10.0 Å². The van der Waals surface area contributed by atoms with Crippen molar-refractivity contribution in [2.45, 2.75) is 6.18 Å². The molecule has 9 heteroatoms. The maximum atomic E-state index is 13.3. The number of nitrogens with zero attached hydrogens (tertiary/aromatic N) is 1. The van der Waals surface area contributed by atoms with Crippen LogP contribution in [-0.4, -0.2) is 16.1 Å². The van der Waals surface area contributed by atoms with E-state index in [0.717, 1.165) is 12.1 Å². The molecule has 0 atom stereocenters. The second-order valence-electron chi connectivity index (χ2n) is 6.79. The van der Waals surface area contributed by atoms with E-state index in [4.69, 9.17) is 27.6 Å². The van der Waals surface area contributed by atoms with Crippen molar-refractivity contribution in [1.82, 2.24) is 4.98 Å². The molecule has 0 bridgehead atoms. The average molecular weight is 478 g/mol.